The van der Waals surface area contributed by atoms with Gasteiger partial charge in [-0.15, -0.1) is 0 Å². The minimum absolute atomic E-state index is 0.00354. The third-order valence-corrected chi connectivity index (χ3v) is 10.4. The van der Waals surface area contributed by atoms with E-state index < -0.39 is 29.9 Å². The molecule has 0 bridgehead atoms. The van der Waals surface area contributed by atoms with Crippen molar-refractivity contribution in [3.8, 4) is 5.75 Å². The van der Waals surface area contributed by atoms with Gasteiger partial charge in [-0.2, -0.15) is 0 Å². The summed E-state index contributed by atoms with van der Waals surface area (Å²) in [6.07, 6.45) is 4.76. The maximum Gasteiger partial charge on any atom is 0.255 e. The summed E-state index contributed by atoms with van der Waals surface area (Å²) in [6.45, 7) is 5.33. The van der Waals surface area contributed by atoms with Crippen LogP contribution < -0.4 is 20.7 Å². The average Bonchev–Trinajstić information content (AvgIpc) is 3.19. The Morgan fingerprint density at radius 1 is 0.800 bits per heavy atom. The van der Waals surface area contributed by atoms with E-state index in [4.69, 9.17) is 4.74 Å². The smallest absolute Gasteiger partial charge is 0.255 e. The molecule has 0 aromatic heterocycles. The lowest BCUT2D eigenvalue weighted by molar-refractivity contribution is -0.137. The Labute approximate surface area is 325 Å². The number of piperidine rings is 1. The Morgan fingerprint density at radius 3 is 2.29 bits per heavy atom. The average molecular weight is 753 g/mol. The molecule has 3 aromatic carbocycles. The molecule has 5 rings (SSSR count). The van der Waals surface area contributed by atoms with E-state index in [1.165, 1.54) is 29.7 Å². The van der Waals surface area contributed by atoms with Gasteiger partial charge in [0.05, 0.1) is 11.6 Å². The summed E-state index contributed by atoms with van der Waals surface area (Å²) in [5.41, 5.74) is 3.34. The van der Waals surface area contributed by atoms with Crippen LogP contribution in [0.3, 0.4) is 0 Å². The number of hydrogen-bond acceptors (Lipinski definition) is 7. The van der Waals surface area contributed by atoms with Crippen LogP contribution in [-0.4, -0.2) is 103 Å². The van der Waals surface area contributed by atoms with E-state index >= 15 is 0 Å². The second-order valence-corrected chi connectivity index (χ2v) is 14.7. The Balaban J connectivity index is 1.35. The molecule has 1 fully saturated rings. The minimum atomic E-state index is -1.01. The molecule has 294 valence electrons. The van der Waals surface area contributed by atoms with Crippen LogP contribution in [0.5, 0.6) is 5.75 Å². The van der Waals surface area contributed by atoms with Crippen molar-refractivity contribution in [2.45, 2.75) is 89.5 Å². The summed E-state index contributed by atoms with van der Waals surface area (Å²) in [5, 5.41) is 8.68. The summed E-state index contributed by atoms with van der Waals surface area (Å²) in [7, 11) is 3.33. The van der Waals surface area contributed by atoms with E-state index in [0.29, 0.717) is 19.4 Å². The van der Waals surface area contributed by atoms with E-state index in [1.54, 1.807) is 50.2 Å². The summed E-state index contributed by atoms with van der Waals surface area (Å²) in [4.78, 5) is 72.9. The van der Waals surface area contributed by atoms with Crippen LogP contribution in [-0.2, 0) is 38.7 Å². The first-order valence-electron chi connectivity index (χ1n) is 19.5. The van der Waals surface area contributed by atoms with Crippen molar-refractivity contribution in [2.75, 3.05) is 40.3 Å². The lowest BCUT2D eigenvalue weighted by Gasteiger charge is -2.31. The summed E-state index contributed by atoms with van der Waals surface area (Å²) < 4.78 is 6.29. The van der Waals surface area contributed by atoms with Gasteiger partial charge in [-0.05, 0) is 80.9 Å². The first-order valence-corrected chi connectivity index (χ1v) is 19.5. The fraction of sp³-hybridized carbons (Fsp3) is 0.465. The molecule has 0 saturated carbocycles. The Hall–Kier alpha value is -5.23. The third kappa shape index (κ3) is 12.4. The second-order valence-electron chi connectivity index (χ2n) is 14.7. The quantitative estimate of drug-likeness (QED) is 0.331. The van der Waals surface area contributed by atoms with Crippen LogP contribution in [0.1, 0.15) is 78.9 Å². The fourth-order valence-corrected chi connectivity index (χ4v) is 7.11. The van der Waals surface area contributed by atoms with Crippen molar-refractivity contribution in [3.05, 3.63) is 101 Å². The molecule has 3 N–H and O–H groups in total. The zero-order chi connectivity index (χ0) is 39.2. The molecule has 55 heavy (non-hydrogen) atoms. The number of para-hydroxylation sites is 1. The van der Waals surface area contributed by atoms with E-state index in [2.05, 4.69) is 33.0 Å². The van der Waals surface area contributed by atoms with Crippen LogP contribution in [0.2, 0.25) is 0 Å². The molecular formula is C43H56N6O6. The number of benzene rings is 3. The van der Waals surface area contributed by atoms with Crippen LogP contribution in [0.4, 0.5) is 0 Å². The largest absolute Gasteiger partial charge is 0.491 e. The second kappa shape index (κ2) is 20.5. The van der Waals surface area contributed by atoms with Crippen LogP contribution in [0.25, 0.3) is 0 Å². The van der Waals surface area contributed by atoms with E-state index in [9.17, 15) is 24.0 Å². The van der Waals surface area contributed by atoms with Crippen LogP contribution in [0, 0.1) is 0 Å². The topological polar surface area (TPSA) is 140 Å². The molecule has 12 nitrogen and oxygen atoms in total. The summed E-state index contributed by atoms with van der Waals surface area (Å²) in [6, 6.07) is 22.4. The van der Waals surface area contributed by atoms with E-state index in [-0.39, 0.29) is 61.4 Å². The fourth-order valence-electron chi connectivity index (χ4n) is 7.11. The molecule has 0 radical (unpaired) electrons. The highest BCUT2D eigenvalue weighted by Gasteiger charge is 2.28. The highest BCUT2D eigenvalue weighted by atomic mass is 16.5. The molecule has 0 spiro atoms. The maximum absolute atomic E-state index is 13.9. The van der Waals surface area contributed by atoms with Gasteiger partial charge in [0.2, 0.25) is 23.6 Å². The number of fused-ring (bicyclic) bond motifs is 1. The minimum Gasteiger partial charge on any atom is -0.491 e. The van der Waals surface area contributed by atoms with Gasteiger partial charge in [0.15, 0.2) is 0 Å². The number of carbonyl (C=O) groups is 5. The number of nitrogens with zero attached hydrogens (tertiary/aromatic N) is 3. The van der Waals surface area contributed by atoms with E-state index in [0.717, 1.165) is 30.8 Å². The molecule has 12 heteroatoms. The van der Waals surface area contributed by atoms with Gasteiger partial charge < -0.3 is 30.5 Å². The van der Waals surface area contributed by atoms with Gasteiger partial charge in [0, 0.05) is 46.6 Å². The SMILES string of the molecule is C[C@@H]1NC(=O)CCCN(C)C(=O)CC[C@@H](C(=O)NCc2cccc(CN3CCCCC3)c2)NC(=O)c2ccccc2OC[C@H](Cc2ccccc2)N(C)C1=O. The number of nitrogens with one attached hydrogen (secondary N) is 3. The van der Waals surface area contributed by atoms with Crippen molar-refractivity contribution in [3.63, 3.8) is 0 Å². The summed E-state index contributed by atoms with van der Waals surface area (Å²) >= 11 is 0. The molecule has 2 aliphatic heterocycles. The Bertz CT molecular complexity index is 1760. The van der Waals surface area contributed by atoms with Gasteiger partial charge in [-0.3, -0.25) is 28.9 Å². The van der Waals surface area contributed by atoms with Gasteiger partial charge in [0.25, 0.3) is 5.91 Å². The number of likely N-dealkylation sites (N-methyl/N-ethyl adjacent to an activating group) is 1. The standard InChI is InChI=1S/C43H56N6O6/c1-31-43(54)48(3)35(27-32-14-6-4-7-15-32)30-55-38-19-9-8-18-36(38)41(52)46-37(21-22-40(51)47(2)23-13-20-39(50)45-31)42(53)44-28-33-16-12-17-34(26-33)29-49-24-10-5-11-25-49/h4,6-9,12,14-19,26,31,35,37H,5,10-11,13,20-25,27-30H2,1-3H3,(H,44,53)(H,45,50)(H,46,52)/t31-,35-,37-/m0/s1. The lowest BCUT2D eigenvalue weighted by Crippen LogP contribution is -2.51. The van der Waals surface area contributed by atoms with Gasteiger partial charge in [0.1, 0.15) is 24.4 Å². The third-order valence-electron chi connectivity index (χ3n) is 10.4. The first-order chi connectivity index (χ1) is 26.6. The number of likely N-dealkylation sites (tertiary alicyclic amines) is 1. The lowest BCUT2D eigenvalue weighted by atomic mass is 10.0. The number of hydrogen-bond donors (Lipinski definition) is 3. The van der Waals surface area contributed by atoms with Crippen molar-refractivity contribution < 1.29 is 28.7 Å². The van der Waals surface area contributed by atoms with Gasteiger partial charge in [-0.25, -0.2) is 0 Å². The normalized spacial score (nSPS) is 21.5. The molecular weight excluding hydrogens is 697 g/mol. The molecule has 0 unspecified atom stereocenters. The molecule has 3 atom stereocenters. The van der Waals surface area contributed by atoms with Gasteiger partial charge >= 0.3 is 0 Å². The predicted octanol–water partition coefficient (Wildman–Crippen LogP) is 4.07. The number of ether oxygens (including phenoxy) is 1. The Kier molecular flexibility index (Phi) is 15.2. The molecule has 0 aliphatic carbocycles. The van der Waals surface area contributed by atoms with Crippen molar-refractivity contribution in [1.82, 2.24) is 30.7 Å². The van der Waals surface area contributed by atoms with Crippen molar-refractivity contribution in [2.24, 2.45) is 0 Å². The molecule has 2 heterocycles. The van der Waals surface area contributed by atoms with E-state index in [1.807, 2.05) is 42.5 Å². The monoisotopic (exact) mass is 752 g/mol. The molecule has 2 aliphatic rings. The zero-order valence-corrected chi connectivity index (χ0v) is 32.4. The predicted molar refractivity (Wildman–Crippen MR) is 211 cm³/mol. The first kappa shape index (κ1) is 40.9. The number of carbonyl (C=O) groups excluding carboxylic acids is 5. The highest BCUT2D eigenvalue weighted by Crippen LogP contribution is 2.21. The van der Waals surface area contributed by atoms with Gasteiger partial charge in [-0.1, -0.05) is 73.2 Å². The van der Waals surface area contributed by atoms with Crippen LogP contribution >= 0.6 is 0 Å². The van der Waals surface area contributed by atoms with Crippen molar-refractivity contribution >= 4 is 29.5 Å². The van der Waals surface area contributed by atoms with Crippen LogP contribution in [0.15, 0.2) is 78.9 Å². The molecule has 1 saturated heterocycles. The summed E-state index contributed by atoms with van der Waals surface area (Å²) in [5.74, 6) is -1.42. The highest BCUT2D eigenvalue weighted by molar-refractivity contribution is 5.99. The van der Waals surface area contributed by atoms with Crippen molar-refractivity contribution in [1.29, 1.82) is 0 Å². The molecule has 3 aromatic rings. The number of rotatable bonds is 7. The Morgan fingerprint density at radius 2 is 1.51 bits per heavy atom. The maximum atomic E-state index is 13.9. The number of amides is 5. The zero-order valence-electron chi connectivity index (χ0n) is 32.4. The molecule has 5 amide bonds.